The van der Waals surface area contributed by atoms with Crippen LogP contribution in [0.4, 0.5) is 0 Å². The molecular formula is C15H16BrNO2. The third kappa shape index (κ3) is 4.04. The summed E-state index contributed by atoms with van der Waals surface area (Å²) in [5.41, 5.74) is 2.14. The molecule has 0 atom stereocenters. The van der Waals surface area contributed by atoms with E-state index in [4.69, 9.17) is 9.47 Å². The van der Waals surface area contributed by atoms with Crippen LogP contribution in [0.5, 0.6) is 11.6 Å². The summed E-state index contributed by atoms with van der Waals surface area (Å²) in [7, 11) is 1.71. The summed E-state index contributed by atoms with van der Waals surface area (Å²) in [4.78, 5) is 4.35. The van der Waals surface area contributed by atoms with Crippen LogP contribution >= 0.6 is 15.9 Å². The average molecular weight is 322 g/mol. The highest BCUT2D eigenvalue weighted by molar-refractivity contribution is 9.10. The first-order valence-corrected chi connectivity index (χ1v) is 6.87. The third-order valence-electron chi connectivity index (χ3n) is 2.74. The second kappa shape index (κ2) is 6.68. The van der Waals surface area contributed by atoms with Crippen molar-refractivity contribution in [3.05, 3.63) is 52.1 Å². The maximum atomic E-state index is 5.71. The van der Waals surface area contributed by atoms with Crippen molar-refractivity contribution in [2.24, 2.45) is 0 Å². The zero-order valence-corrected chi connectivity index (χ0v) is 12.6. The molecule has 2 rings (SSSR count). The van der Waals surface area contributed by atoms with Crippen molar-refractivity contribution >= 4 is 15.9 Å². The maximum absolute atomic E-state index is 5.71. The van der Waals surface area contributed by atoms with Gasteiger partial charge < -0.3 is 9.47 Å². The van der Waals surface area contributed by atoms with Gasteiger partial charge in [-0.2, -0.15) is 0 Å². The molecule has 0 saturated carbocycles. The molecule has 19 heavy (non-hydrogen) atoms. The summed E-state index contributed by atoms with van der Waals surface area (Å²) in [6.07, 6.45) is 0.909. The quantitative estimate of drug-likeness (QED) is 0.829. The van der Waals surface area contributed by atoms with Gasteiger partial charge in [-0.3, -0.25) is 0 Å². The molecule has 1 aromatic carbocycles. The summed E-state index contributed by atoms with van der Waals surface area (Å²) in [6.45, 7) is 2.67. The van der Waals surface area contributed by atoms with Crippen molar-refractivity contribution < 1.29 is 9.47 Å². The monoisotopic (exact) mass is 321 g/mol. The fourth-order valence-corrected chi connectivity index (χ4v) is 1.86. The van der Waals surface area contributed by atoms with Gasteiger partial charge in [0.15, 0.2) is 0 Å². The highest BCUT2D eigenvalue weighted by atomic mass is 79.9. The van der Waals surface area contributed by atoms with Gasteiger partial charge in [0.1, 0.15) is 5.75 Å². The van der Waals surface area contributed by atoms with E-state index in [0.29, 0.717) is 5.88 Å². The fourth-order valence-electron chi connectivity index (χ4n) is 1.64. The van der Waals surface area contributed by atoms with Gasteiger partial charge in [0, 0.05) is 17.6 Å². The van der Waals surface area contributed by atoms with Gasteiger partial charge in [0.25, 0.3) is 0 Å². The van der Waals surface area contributed by atoms with Crippen LogP contribution in [0.15, 0.2) is 40.9 Å². The number of hydrogen-bond donors (Lipinski definition) is 0. The number of benzene rings is 1. The predicted octanol–water partition coefficient (Wildman–Crippen LogP) is 4.13. The Morgan fingerprint density at radius 1 is 1.11 bits per heavy atom. The van der Waals surface area contributed by atoms with Crippen LogP contribution in [-0.2, 0) is 11.2 Å². The highest BCUT2D eigenvalue weighted by Crippen LogP contribution is 2.23. The molecule has 1 heterocycles. The Bertz CT molecular complexity index is 540. The Labute approximate surface area is 121 Å². The lowest BCUT2D eigenvalue weighted by molar-refractivity contribution is 0.202. The van der Waals surface area contributed by atoms with Gasteiger partial charge in [0.2, 0.25) is 5.88 Å². The molecule has 0 fully saturated rings. The number of nitrogens with zero attached hydrogens (tertiary/aromatic N) is 1. The van der Waals surface area contributed by atoms with Crippen LogP contribution in [0.25, 0.3) is 0 Å². The minimum absolute atomic E-state index is 0.602. The number of hydrogen-bond acceptors (Lipinski definition) is 3. The average Bonchev–Trinajstić information content (AvgIpc) is 2.42. The van der Waals surface area contributed by atoms with Gasteiger partial charge in [0.05, 0.1) is 12.3 Å². The zero-order chi connectivity index (χ0) is 13.7. The Morgan fingerprint density at radius 2 is 1.84 bits per heavy atom. The zero-order valence-electron chi connectivity index (χ0n) is 11.0. The molecule has 1 aromatic heterocycles. The Balaban J connectivity index is 2.04. The van der Waals surface area contributed by atoms with Crippen molar-refractivity contribution in [3.8, 4) is 11.6 Å². The molecule has 100 valence electrons. The van der Waals surface area contributed by atoms with Gasteiger partial charge in [-0.1, -0.05) is 12.1 Å². The Hall–Kier alpha value is -1.39. The number of halogens is 1. The molecule has 0 radical (unpaired) electrons. The number of methoxy groups -OCH3 is 1. The van der Waals surface area contributed by atoms with Crippen molar-refractivity contribution in [3.63, 3.8) is 0 Å². The number of pyridine rings is 1. The minimum atomic E-state index is 0.602. The van der Waals surface area contributed by atoms with E-state index in [1.54, 1.807) is 7.11 Å². The van der Waals surface area contributed by atoms with Crippen LogP contribution in [0.3, 0.4) is 0 Å². The first-order chi connectivity index (χ1) is 9.19. The topological polar surface area (TPSA) is 31.4 Å². The Morgan fingerprint density at radius 3 is 2.47 bits per heavy atom. The first-order valence-electron chi connectivity index (χ1n) is 6.08. The van der Waals surface area contributed by atoms with Crippen LogP contribution < -0.4 is 4.74 Å². The van der Waals surface area contributed by atoms with E-state index in [1.165, 1.54) is 5.56 Å². The van der Waals surface area contributed by atoms with Gasteiger partial charge >= 0.3 is 0 Å². The molecule has 3 nitrogen and oxygen atoms in total. The summed E-state index contributed by atoms with van der Waals surface area (Å²) in [6, 6.07) is 11.8. The van der Waals surface area contributed by atoms with E-state index in [9.17, 15) is 0 Å². The fraction of sp³-hybridized carbons (Fsp3) is 0.267. The van der Waals surface area contributed by atoms with Crippen molar-refractivity contribution in [2.75, 3.05) is 13.7 Å². The maximum Gasteiger partial charge on any atom is 0.219 e. The molecule has 0 saturated heterocycles. The molecule has 0 aliphatic carbocycles. The van der Waals surface area contributed by atoms with Gasteiger partial charge in [-0.05, 0) is 53.0 Å². The first kappa shape index (κ1) is 14.0. The van der Waals surface area contributed by atoms with E-state index in [0.717, 1.165) is 28.9 Å². The lowest BCUT2D eigenvalue weighted by Gasteiger charge is -2.07. The molecule has 0 N–H and O–H groups in total. The number of ether oxygens (including phenoxy) is 2. The number of aromatic nitrogens is 1. The lowest BCUT2D eigenvalue weighted by Crippen LogP contribution is -1.94. The van der Waals surface area contributed by atoms with Crippen molar-refractivity contribution in [1.29, 1.82) is 0 Å². The standard InChI is InChI=1S/C15H16BrNO2/c1-11-14(16)7-8-15(17-11)19-13-5-3-12(4-6-13)9-10-18-2/h3-8H,9-10H2,1-2H3. The van der Waals surface area contributed by atoms with E-state index in [-0.39, 0.29) is 0 Å². The van der Waals surface area contributed by atoms with Crippen molar-refractivity contribution in [1.82, 2.24) is 4.98 Å². The van der Waals surface area contributed by atoms with Crippen LogP contribution in [0.2, 0.25) is 0 Å². The molecule has 0 unspecified atom stereocenters. The number of rotatable bonds is 5. The Kier molecular flexibility index (Phi) is 4.93. The normalized spacial score (nSPS) is 10.5. The molecule has 0 aliphatic rings. The van der Waals surface area contributed by atoms with Crippen molar-refractivity contribution in [2.45, 2.75) is 13.3 Å². The molecule has 0 amide bonds. The minimum Gasteiger partial charge on any atom is -0.439 e. The second-order valence-electron chi connectivity index (χ2n) is 4.21. The van der Waals surface area contributed by atoms with E-state index in [2.05, 4.69) is 20.9 Å². The molecule has 0 bridgehead atoms. The van der Waals surface area contributed by atoms with E-state index >= 15 is 0 Å². The lowest BCUT2D eigenvalue weighted by atomic mass is 10.1. The predicted molar refractivity (Wildman–Crippen MR) is 78.8 cm³/mol. The second-order valence-corrected chi connectivity index (χ2v) is 5.06. The summed E-state index contributed by atoms with van der Waals surface area (Å²) in [5.74, 6) is 1.39. The van der Waals surface area contributed by atoms with E-state index < -0.39 is 0 Å². The van der Waals surface area contributed by atoms with Crippen LogP contribution in [0.1, 0.15) is 11.3 Å². The molecule has 0 spiro atoms. The summed E-state index contributed by atoms with van der Waals surface area (Å²) < 4.78 is 11.7. The van der Waals surface area contributed by atoms with Gasteiger partial charge in [-0.25, -0.2) is 4.98 Å². The molecule has 4 heteroatoms. The molecule has 0 aliphatic heterocycles. The third-order valence-corrected chi connectivity index (χ3v) is 3.57. The van der Waals surface area contributed by atoms with Gasteiger partial charge in [-0.15, -0.1) is 0 Å². The molecule has 2 aromatic rings. The SMILES string of the molecule is COCCc1ccc(Oc2ccc(Br)c(C)n2)cc1. The summed E-state index contributed by atoms with van der Waals surface area (Å²) >= 11 is 3.42. The molecular weight excluding hydrogens is 306 g/mol. The smallest absolute Gasteiger partial charge is 0.219 e. The largest absolute Gasteiger partial charge is 0.439 e. The van der Waals surface area contributed by atoms with E-state index in [1.807, 2.05) is 43.3 Å². The van der Waals surface area contributed by atoms with Crippen LogP contribution in [-0.4, -0.2) is 18.7 Å². The van der Waals surface area contributed by atoms with Crippen LogP contribution in [0, 0.1) is 6.92 Å². The summed E-state index contributed by atoms with van der Waals surface area (Å²) in [5, 5.41) is 0. The highest BCUT2D eigenvalue weighted by Gasteiger charge is 2.02. The number of aryl methyl sites for hydroxylation is 1.